The average Bonchev–Trinajstić information content (AvgIpc) is 3.79. The van der Waals surface area contributed by atoms with E-state index in [1.165, 1.54) is 13.2 Å². The number of ether oxygens (including phenoxy) is 1. The van der Waals surface area contributed by atoms with Crippen LogP contribution < -0.4 is 20.4 Å². The van der Waals surface area contributed by atoms with Gasteiger partial charge in [-0.05, 0) is 43.5 Å². The number of aromatic nitrogens is 1. The first-order chi connectivity index (χ1) is 19.6. The molecule has 0 bridgehead atoms. The molecule has 2 aliphatic rings. The summed E-state index contributed by atoms with van der Waals surface area (Å²) in [4.78, 5) is 42.9. The van der Waals surface area contributed by atoms with Gasteiger partial charge >= 0.3 is 0 Å². The quantitative estimate of drug-likeness (QED) is 0.362. The van der Waals surface area contributed by atoms with Crippen molar-refractivity contribution in [2.45, 2.75) is 51.7 Å². The van der Waals surface area contributed by atoms with Gasteiger partial charge in [-0.25, -0.2) is 4.39 Å². The van der Waals surface area contributed by atoms with Crippen LogP contribution in [0.5, 0.6) is 5.75 Å². The van der Waals surface area contributed by atoms with Gasteiger partial charge in [0.25, 0.3) is 5.91 Å². The molecule has 1 saturated carbocycles. The van der Waals surface area contributed by atoms with Gasteiger partial charge in [0.05, 0.1) is 24.6 Å². The Morgan fingerprint density at radius 1 is 1.17 bits per heavy atom. The summed E-state index contributed by atoms with van der Waals surface area (Å²) in [6, 6.07) is 6.27. The topological polar surface area (TPSA) is 83.9 Å². The van der Waals surface area contributed by atoms with Crippen molar-refractivity contribution in [3.63, 3.8) is 0 Å². The lowest BCUT2D eigenvalue weighted by molar-refractivity contribution is -0.120. The molecule has 41 heavy (non-hydrogen) atoms. The first kappa shape index (κ1) is 29.4. The Morgan fingerprint density at radius 3 is 2.56 bits per heavy atom. The third-order valence-electron chi connectivity index (χ3n) is 7.90. The lowest BCUT2D eigenvalue weighted by Gasteiger charge is -2.41. The van der Waals surface area contributed by atoms with Crippen LogP contribution in [0, 0.1) is 5.82 Å². The summed E-state index contributed by atoms with van der Waals surface area (Å²) in [5.74, 6) is -0.726. The molecule has 2 fully saturated rings. The number of fused-ring (bicyclic) bond motifs is 1. The number of methoxy groups -OCH3 is 1. The maximum absolute atomic E-state index is 15.9. The van der Waals surface area contributed by atoms with Gasteiger partial charge < -0.3 is 19.5 Å². The molecule has 1 atom stereocenters. The fourth-order valence-corrected chi connectivity index (χ4v) is 5.92. The van der Waals surface area contributed by atoms with Crippen molar-refractivity contribution in [2.24, 2.45) is 0 Å². The summed E-state index contributed by atoms with van der Waals surface area (Å²) in [5, 5.41) is 3.73. The van der Waals surface area contributed by atoms with E-state index >= 15 is 4.39 Å². The Balaban J connectivity index is 1.51. The lowest BCUT2D eigenvalue weighted by Crippen LogP contribution is -2.53. The number of Topliss-reactive ketones (excluding diaryl/α,β-unsaturated/α-hetero) is 1. The molecule has 1 saturated heterocycles. The number of nitrogens with zero attached hydrogens (tertiary/aromatic N) is 3. The average molecular weight is 604 g/mol. The number of ketones is 1. The van der Waals surface area contributed by atoms with Gasteiger partial charge in [-0.1, -0.05) is 36.2 Å². The number of hydrogen-bond acceptors (Lipinski definition) is 6. The number of hydrogen-bond donors (Lipinski definition) is 1. The summed E-state index contributed by atoms with van der Waals surface area (Å²) < 4.78 is 23.6. The number of halogens is 3. The zero-order chi connectivity index (χ0) is 29.4. The molecule has 1 N–H and O–H groups in total. The standard InChI is InChI=1S/C30H33Cl2FN4O4/c1-4-21(38)15-35-9-10-36(14-17(35)2)27-25(33)12-22-26(29(27)41-3)37(20-7-8-20)16-23(28(22)39)30(40)34-13-18-5-6-19(31)11-24(18)32/h5-6,11-12,16-17,20H,4,7-10,13-15H2,1-3H3,(H,34,40). The first-order valence-electron chi connectivity index (χ1n) is 13.8. The fourth-order valence-electron chi connectivity index (χ4n) is 5.44. The van der Waals surface area contributed by atoms with Crippen LogP contribution in [-0.4, -0.2) is 60.5 Å². The highest BCUT2D eigenvalue weighted by atomic mass is 35.5. The van der Waals surface area contributed by atoms with Crippen molar-refractivity contribution in [1.82, 2.24) is 14.8 Å². The van der Waals surface area contributed by atoms with Gasteiger partial charge in [-0.15, -0.1) is 0 Å². The van der Waals surface area contributed by atoms with E-state index in [9.17, 15) is 14.4 Å². The van der Waals surface area contributed by atoms with Gasteiger partial charge in [0.2, 0.25) is 5.43 Å². The van der Waals surface area contributed by atoms with Gasteiger partial charge in [-0.2, -0.15) is 0 Å². The first-order valence-corrected chi connectivity index (χ1v) is 14.6. The Hall–Kier alpha value is -3.14. The summed E-state index contributed by atoms with van der Waals surface area (Å²) >= 11 is 12.2. The Bertz CT molecular complexity index is 1570. The Labute approximate surface area is 248 Å². The van der Waals surface area contributed by atoms with Crippen molar-refractivity contribution in [1.29, 1.82) is 0 Å². The fraction of sp³-hybridized carbons (Fsp3) is 0.433. The number of carbonyl (C=O) groups is 2. The maximum atomic E-state index is 15.9. The molecule has 0 radical (unpaired) electrons. The van der Waals surface area contributed by atoms with E-state index < -0.39 is 17.2 Å². The molecule has 11 heteroatoms. The monoisotopic (exact) mass is 602 g/mol. The molecule has 1 aliphatic carbocycles. The SMILES string of the molecule is CCC(=O)CN1CCN(c2c(F)cc3c(=O)c(C(=O)NCc4ccc(Cl)cc4Cl)cn(C4CC4)c3c2OC)CC1C. The van der Waals surface area contributed by atoms with E-state index in [0.29, 0.717) is 53.7 Å². The Kier molecular flexibility index (Phi) is 8.59. The predicted molar refractivity (Wildman–Crippen MR) is 159 cm³/mol. The molecule has 2 aromatic carbocycles. The highest BCUT2D eigenvalue weighted by Gasteiger charge is 2.33. The molecular formula is C30H33Cl2FN4O4. The number of carbonyl (C=O) groups excluding carboxylic acids is 2. The number of pyridine rings is 1. The molecule has 1 aliphatic heterocycles. The predicted octanol–water partition coefficient (Wildman–Crippen LogP) is 5.21. The summed E-state index contributed by atoms with van der Waals surface area (Å²) in [5.41, 5.74) is 0.767. The molecule has 0 spiro atoms. The molecule has 2 heterocycles. The highest BCUT2D eigenvalue weighted by molar-refractivity contribution is 6.35. The number of nitrogens with one attached hydrogen (secondary N) is 1. The molecule has 1 unspecified atom stereocenters. The largest absolute Gasteiger partial charge is 0.492 e. The maximum Gasteiger partial charge on any atom is 0.257 e. The van der Waals surface area contributed by atoms with Crippen LogP contribution in [0.25, 0.3) is 10.9 Å². The number of piperazine rings is 1. The molecule has 3 aromatic rings. The second-order valence-corrected chi connectivity index (χ2v) is 11.6. The van der Waals surface area contributed by atoms with E-state index in [-0.39, 0.29) is 46.8 Å². The molecule has 1 amide bonds. The van der Waals surface area contributed by atoms with Gasteiger partial charge in [0.15, 0.2) is 11.6 Å². The lowest BCUT2D eigenvalue weighted by atomic mass is 10.1. The van der Waals surface area contributed by atoms with Crippen LogP contribution in [0.1, 0.15) is 55.1 Å². The van der Waals surface area contributed by atoms with Crippen molar-refractivity contribution in [3.8, 4) is 5.75 Å². The number of rotatable bonds is 9. The second kappa shape index (κ2) is 12.0. The summed E-state index contributed by atoms with van der Waals surface area (Å²) in [6.07, 6.45) is 3.78. The summed E-state index contributed by atoms with van der Waals surface area (Å²) in [6.45, 7) is 5.93. The zero-order valence-corrected chi connectivity index (χ0v) is 24.8. The van der Waals surface area contributed by atoms with Gasteiger partial charge in [0, 0.05) is 60.9 Å². The van der Waals surface area contributed by atoms with Crippen molar-refractivity contribution in [2.75, 3.05) is 38.2 Å². The third kappa shape index (κ3) is 5.94. The Morgan fingerprint density at radius 2 is 1.93 bits per heavy atom. The van der Waals surface area contributed by atoms with Gasteiger partial charge in [0.1, 0.15) is 17.0 Å². The smallest absolute Gasteiger partial charge is 0.257 e. The van der Waals surface area contributed by atoms with E-state index in [0.717, 1.165) is 12.8 Å². The minimum absolute atomic E-state index is 0.0184. The van der Waals surface area contributed by atoms with E-state index in [4.69, 9.17) is 27.9 Å². The van der Waals surface area contributed by atoms with Crippen LogP contribution in [0.3, 0.4) is 0 Å². The van der Waals surface area contributed by atoms with Crippen LogP contribution in [-0.2, 0) is 11.3 Å². The molecule has 5 rings (SSSR count). The van der Waals surface area contributed by atoms with Crippen LogP contribution >= 0.6 is 23.2 Å². The second-order valence-electron chi connectivity index (χ2n) is 10.7. The highest BCUT2D eigenvalue weighted by Crippen LogP contribution is 2.44. The molecule has 8 nitrogen and oxygen atoms in total. The number of amides is 1. The minimum Gasteiger partial charge on any atom is -0.492 e. The third-order valence-corrected chi connectivity index (χ3v) is 8.48. The van der Waals surface area contributed by atoms with E-state index in [1.54, 1.807) is 24.4 Å². The van der Waals surface area contributed by atoms with Crippen molar-refractivity contribution < 1.29 is 18.7 Å². The zero-order valence-electron chi connectivity index (χ0n) is 23.3. The van der Waals surface area contributed by atoms with E-state index in [1.807, 2.05) is 23.3 Å². The van der Waals surface area contributed by atoms with Crippen LogP contribution in [0.2, 0.25) is 10.0 Å². The van der Waals surface area contributed by atoms with Crippen LogP contribution in [0.15, 0.2) is 35.3 Å². The van der Waals surface area contributed by atoms with Crippen molar-refractivity contribution in [3.05, 3.63) is 67.7 Å². The number of anilines is 1. The normalized spacial score (nSPS) is 17.6. The molecule has 218 valence electrons. The van der Waals surface area contributed by atoms with Crippen LogP contribution in [0.4, 0.5) is 10.1 Å². The van der Waals surface area contributed by atoms with Gasteiger partial charge in [-0.3, -0.25) is 19.3 Å². The summed E-state index contributed by atoms with van der Waals surface area (Å²) in [7, 11) is 1.47. The molecule has 1 aromatic heterocycles. The van der Waals surface area contributed by atoms with E-state index in [2.05, 4.69) is 10.2 Å². The minimum atomic E-state index is -0.593. The molecular weight excluding hydrogens is 570 g/mol. The van der Waals surface area contributed by atoms with Crippen molar-refractivity contribution >= 4 is 51.5 Å². The number of benzene rings is 2.